The molecule has 0 unspecified atom stereocenters. The molecule has 0 aliphatic heterocycles. The van der Waals surface area contributed by atoms with Gasteiger partial charge in [-0.2, -0.15) is 0 Å². The van der Waals surface area contributed by atoms with E-state index in [-0.39, 0.29) is 0 Å². The van der Waals surface area contributed by atoms with Crippen molar-refractivity contribution in [2.75, 3.05) is 0 Å². The summed E-state index contributed by atoms with van der Waals surface area (Å²) in [7, 11) is 0. The van der Waals surface area contributed by atoms with Crippen molar-refractivity contribution < 1.29 is 4.42 Å². The van der Waals surface area contributed by atoms with Crippen LogP contribution in [0.2, 0.25) is 0 Å². The Morgan fingerprint density at radius 1 is 0.308 bits per heavy atom. The molecular weight excluding hydrogens is 791 g/mol. The van der Waals surface area contributed by atoms with Crippen molar-refractivity contribution >= 4 is 71.2 Å². The van der Waals surface area contributed by atoms with E-state index in [0.717, 1.165) is 116 Å². The minimum absolute atomic E-state index is 0.501. The number of nitrogens with zero attached hydrogens (tertiary/aromatic N) is 3. The van der Waals surface area contributed by atoms with E-state index >= 15 is 0 Å². The number of furan rings is 1. The summed E-state index contributed by atoms with van der Waals surface area (Å²) < 4.78 is 11.5. The summed E-state index contributed by atoms with van der Waals surface area (Å²) in [6.07, 6.45) is 0. The fourth-order valence-corrected chi connectivity index (χ4v) is 10.1. The third-order valence-electron chi connectivity index (χ3n) is 13.1. The molecule has 0 aliphatic carbocycles. The van der Waals surface area contributed by atoms with Gasteiger partial charge in [0.15, 0.2) is 0 Å². The van der Waals surface area contributed by atoms with Crippen LogP contribution in [0.15, 0.2) is 229 Å². The molecule has 3 heterocycles. The van der Waals surface area contributed by atoms with E-state index < -0.39 is 0 Å². The summed E-state index contributed by atoms with van der Waals surface area (Å²) in [4.78, 5) is 4.38. The largest absolute Gasteiger partial charge is 0.457 e. The van der Waals surface area contributed by atoms with Gasteiger partial charge in [0.05, 0.1) is 45.4 Å². The molecule has 10 aromatic carbocycles. The highest BCUT2D eigenvalue weighted by atomic mass is 16.3. The van der Waals surface area contributed by atoms with Crippen LogP contribution < -0.4 is 0 Å². The van der Waals surface area contributed by atoms with Crippen molar-refractivity contribution in [2.24, 2.45) is 0 Å². The molecule has 0 fully saturated rings. The molecule has 0 amide bonds. The number of fused-ring (bicyclic) bond motifs is 9. The fraction of sp³-hybridized carbons (Fsp3) is 0. The second kappa shape index (κ2) is 14.6. The van der Waals surface area contributed by atoms with E-state index in [9.17, 15) is 0 Å². The van der Waals surface area contributed by atoms with Gasteiger partial charge < -0.3 is 13.6 Å². The molecule has 302 valence electrons. The summed E-state index contributed by atoms with van der Waals surface area (Å²) in [5, 5.41) is 6.42. The maximum absolute atomic E-state index is 8.96. The molecular formula is C61H37N3O. The normalized spacial score (nSPS) is 11.7. The molecule has 0 saturated heterocycles. The van der Waals surface area contributed by atoms with Crippen LogP contribution >= 0.6 is 0 Å². The predicted molar refractivity (Wildman–Crippen MR) is 270 cm³/mol. The van der Waals surface area contributed by atoms with Crippen LogP contribution in [-0.2, 0) is 0 Å². The monoisotopic (exact) mass is 827 g/mol. The number of aromatic nitrogens is 2. The Kier molecular flexibility index (Phi) is 8.24. The summed E-state index contributed by atoms with van der Waals surface area (Å²) in [5.41, 5.74) is 16.9. The summed E-state index contributed by atoms with van der Waals surface area (Å²) in [6, 6.07) is 79.7. The molecule has 0 aliphatic rings. The van der Waals surface area contributed by atoms with Gasteiger partial charge in [0.1, 0.15) is 11.2 Å². The van der Waals surface area contributed by atoms with E-state index in [1.807, 2.05) is 18.2 Å². The van der Waals surface area contributed by atoms with Gasteiger partial charge in [0.2, 0.25) is 5.69 Å². The van der Waals surface area contributed by atoms with Gasteiger partial charge in [-0.15, -0.1) is 0 Å². The van der Waals surface area contributed by atoms with Crippen LogP contribution in [0, 0.1) is 6.57 Å². The highest BCUT2D eigenvalue weighted by Gasteiger charge is 2.28. The molecule has 0 atom stereocenters. The minimum atomic E-state index is 0.501. The van der Waals surface area contributed by atoms with Crippen molar-refractivity contribution in [2.45, 2.75) is 0 Å². The van der Waals surface area contributed by atoms with Gasteiger partial charge in [-0.1, -0.05) is 164 Å². The summed E-state index contributed by atoms with van der Waals surface area (Å²) >= 11 is 0. The summed E-state index contributed by atoms with van der Waals surface area (Å²) in [6.45, 7) is 8.96. The van der Waals surface area contributed by atoms with E-state index in [4.69, 9.17) is 11.0 Å². The molecule has 3 aromatic heterocycles. The minimum Gasteiger partial charge on any atom is -0.457 e. The molecule has 13 aromatic rings. The molecule has 4 heteroatoms. The second-order valence-electron chi connectivity index (χ2n) is 16.7. The zero-order valence-corrected chi connectivity index (χ0v) is 35.1. The first-order chi connectivity index (χ1) is 32.2. The highest BCUT2D eigenvalue weighted by molar-refractivity contribution is 6.20. The molecule has 0 spiro atoms. The molecule has 0 radical (unpaired) electrons. The lowest BCUT2D eigenvalue weighted by molar-refractivity contribution is 0.669. The summed E-state index contributed by atoms with van der Waals surface area (Å²) in [5.74, 6) is 0. The Bertz CT molecular complexity index is 3850. The van der Waals surface area contributed by atoms with Gasteiger partial charge in [-0.25, -0.2) is 4.85 Å². The molecule has 4 nitrogen and oxygen atoms in total. The van der Waals surface area contributed by atoms with Gasteiger partial charge >= 0.3 is 0 Å². The average Bonchev–Trinajstić information content (AvgIpc) is 4.03. The Balaban J connectivity index is 1.20. The molecule has 65 heavy (non-hydrogen) atoms. The first-order valence-corrected chi connectivity index (χ1v) is 21.9. The van der Waals surface area contributed by atoms with Crippen molar-refractivity contribution in [1.29, 1.82) is 0 Å². The van der Waals surface area contributed by atoms with Crippen molar-refractivity contribution in [3.63, 3.8) is 0 Å². The van der Waals surface area contributed by atoms with E-state index in [2.05, 4.69) is 220 Å². The number of hydrogen-bond acceptors (Lipinski definition) is 1. The lowest BCUT2D eigenvalue weighted by atomic mass is 10.0. The van der Waals surface area contributed by atoms with E-state index in [1.165, 1.54) is 0 Å². The van der Waals surface area contributed by atoms with Crippen LogP contribution in [0.4, 0.5) is 5.69 Å². The average molecular weight is 828 g/mol. The second-order valence-corrected chi connectivity index (χ2v) is 16.7. The predicted octanol–water partition coefficient (Wildman–Crippen LogP) is 17.0. The third-order valence-corrected chi connectivity index (χ3v) is 13.1. The Morgan fingerprint density at radius 3 is 1.05 bits per heavy atom. The van der Waals surface area contributed by atoms with Crippen LogP contribution in [0.25, 0.3) is 126 Å². The topological polar surface area (TPSA) is 27.4 Å². The SMILES string of the molecule is [C-]#[N+]c1cc2oc3ccccc3c2c(-n2c3ccc(-c4ccccc4)cc3c3cc(-c4ccccc4)ccc32)c1-n1c2ccc(-c3ccccc3)cc2c2cc(-c3ccccc3)ccc21. The Morgan fingerprint density at radius 2 is 0.662 bits per heavy atom. The van der Waals surface area contributed by atoms with Crippen molar-refractivity contribution in [3.05, 3.63) is 236 Å². The van der Waals surface area contributed by atoms with Crippen LogP contribution in [0.5, 0.6) is 0 Å². The molecule has 0 N–H and O–H groups in total. The Hall–Kier alpha value is -8.91. The lowest BCUT2D eigenvalue weighted by Crippen LogP contribution is -2.05. The van der Waals surface area contributed by atoms with Crippen molar-refractivity contribution in [1.82, 2.24) is 9.13 Å². The highest BCUT2D eigenvalue weighted by Crippen LogP contribution is 2.49. The number of rotatable bonds is 6. The van der Waals surface area contributed by atoms with Gasteiger partial charge in [-0.05, 0) is 105 Å². The van der Waals surface area contributed by atoms with Gasteiger partial charge in [0, 0.05) is 26.9 Å². The maximum atomic E-state index is 8.96. The fourth-order valence-electron chi connectivity index (χ4n) is 10.1. The number of benzene rings is 10. The van der Waals surface area contributed by atoms with Crippen LogP contribution in [0.1, 0.15) is 0 Å². The number of hydrogen-bond donors (Lipinski definition) is 0. The number of para-hydroxylation sites is 1. The molecule has 0 bridgehead atoms. The first-order valence-electron chi connectivity index (χ1n) is 21.9. The quantitative estimate of drug-likeness (QED) is 0.153. The van der Waals surface area contributed by atoms with Crippen LogP contribution in [-0.4, -0.2) is 9.13 Å². The zero-order valence-electron chi connectivity index (χ0n) is 35.1. The van der Waals surface area contributed by atoms with Gasteiger partial charge in [0.25, 0.3) is 0 Å². The lowest BCUT2D eigenvalue weighted by Gasteiger charge is -2.20. The molecule has 13 rings (SSSR count). The molecule has 0 saturated carbocycles. The smallest absolute Gasteiger partial charge is 0.216 e. The standard InChI is InChI=1S/C61H37N3O/c1-62-52-38-58-59(47-24-14-15-25-57(47)65-58)61(64-55-32-28-45(41-20-10-4-11-21-41)36-50(55)51-37-46(29-33-56(51)64)42-22-12-5-13-23-42)60(52)63-53-30-26-43(39-16-6-2-7-17-39)34-48(53)49-35-44(27-31-54(49)63)40-18-8-3-9-19-40/h2-38H. The van der Waals surface area contributed by atoms with Crippen LogP contribution in [0.3, 0.4) is 0 Å². The Labute approximate surface area is 374 Å². The third kappa shape index (κ3) is 5.77. The van der Waals surface area contributed by atoms with Crippen molar-refractivity contribution in [3.8, 4) is 55.9 Å². The zero-order chi connectivity index (χ0) is 43.0. The van der Waals surface area contributed by atoms with E-state index in [1.54, 1.807) is 0 Å². The maximum Gasteiger partial charge on any atom is 0.216 e. The van der Waals surface area contributed by atoms with Gasteiger partial charge in [-0.3, -0.25) is 0 Å². The van der Waals surface area contributed by atoms with E-state index in [0.29, 0.717) is 11.3 Å². The first kappa shape index (κ1) is 36.7.